The number of nitrogens with zero attached hydrogens (tertiary/aromatic N) is 1. The largest absolute Gasteiger partial charge is 0.481 e. The zero-order valence-corrected chi connectivity index (χ0v) is 9.64. The molecule has 0 aliphatic heterocycles. The molecule has 92 valence electrons. The smallest absolute Gasteiger partial charge is 0.308 e. The van der Waals surface area contributed by atoms with Crippen molar-refractivity contribution in [2.75, 3.05) is 11.9 Å². The van der Waals surface area contributed by atoms with Crippen molar-refractivity contribution in [3.05, 3.63) is 33.9 Å². The van der Waals surface area contributed by atoms with Gasteiger partial charge in [-0.2, -0.15) is 0 Å². The Labute approximate surface area is 98.4 Å². The van der Waals surface area contributed by atoms with Gasteiger partial charge < -0.3 is 10.4 Å². The number of nitrogens with one attached hydrogen (secondary N) is 1. The van der Waals surface area contributed by atoms with Crippen LogP contribution in [0.1, 0.15) is 12.5 Å². The summed E-state index contributed by atoms with van der Waals surface area (Å²) in [6, 6.07) is 4.59. The third kappa shape index (κ3) is 3.75. The molecule has 6 nitrogen and oxygen atoms in total. The Morgan fingerprint density at radius 2 is 2.18 bits per heavy atom. The van der Waals surface area contributed by atoms with Crippen LogP contribution in [0.15, 0.2) is 18.2 Å². The van der Waals surface area contributed by atoms with Gasteiger partial charge in [-0.25, -0.2) is 0 Å². The number of non-ortho nitro benzene ring substituents is 1. The fourth-order valence-corrected chi connectivity index (χ4v) is 1.33. The number of hydrogen-bond donors (Lipinski definition) is 2. The molecular formula is C11H14N2O4. The summed E-state index contributed by atoms with van der Waals surface area (Å²) in [5, 5.41) is 22.2. The Kier molecular flexibility index (Phi) is 4.03. The quantitative estimate of drug-likeness (QED) is 0.604. The zero-order chi connectivity index (χ0) is 13.0. The predicted octanol–water partition coefficient (Wildman–Crippen LogP) is 2.04. The van der Waals surface area contributed by atoms with Crippen molar-refractivity contribution >= 4 is 17.3 Å². The highest BCUT2D eigenvalue weighted by Crippen LogP contribution is 2.20. The molecule has 1 rings (SSSR count). The van der Waals surface area contributed by atoms with E-state index in [1.807, 2.05) is 0 Å². The second-order valence-electron chi connectivity index (χ2n) is 3.93. The van der Waals surface area contributed by atoms with Crippen molar-refractivity contribution in [1.29, 1.82) is 0 Å². The molecule has 1 atom stereocenters. The first-order valence-electron chi connectivity index (χ1n) is 5.13. The molecule has 0 spiro atoms. The van der Waals surface area contributed by atoms with Crippen LogP contribution in [0.25, 0.3) is 0 Å². The molecule has 0 saturated carbocycles. The Bertz CT molecular complexity index is 445. The van der Waals surface area contributed by atoms with Gasteiger partial charge in [0, 0.05) is 24.4 Å². The Hall–Kier alpha value is -2.11. The summed E-state index contributed by atoms with van der Waals surface area (Å²) in [7, 11) is 0. The number of nitro benzene ring substituents is 1. The highest BCUT2D eigenvalue weighted by molar-refractivity contribution is 5.70. The molecule has 0 aliphatic rings. The molecule has 0 radical (unpaired) electrons. The van der Waals surface area contributed by atoms with Crippen molar-refractivity contribution in [1.82, 2.24) is 0 Å². The van der Waals surface area contributed by atoms with Gasteiger partial charge >= 0.3 is 5.97 Å². The highest BCUT2D eigenvalue weighted by Gasteiger charge is 2.12. The standard InChI is InChI=1S/C11H14N2O4/c1-7-3-9(5-10(4-7)13(16)17)12-6-8(2)11(14)15/h3-5,8,12H,6H2,1-2H3,(H,14,15). The van der Waals surface area contributed by atoms with E-state index in [9.17, 15) is 14.9 Å². The second kappa shape index (κ2) is 5.29. The van der Waals surface area contributed by atoms with Crippen LogP contribution in [0.2, 0.25) is 0 Å². The highest BCUT2D eigenvalue weighted by atomic mass is 16.6. The number of carboxylic acid groups (broad SMARTS) is 1. The average molecular weight is 238 g/mol. The summed E-state index contributed by atoms with van der Waals surface area (Å²) in [4.78, 5) is 20.8. The third-order valence-electron chi connectivity index (χ3n) is 2.31. The van der Waals surface area contributed by atoms with Crippen molar-refractivity contribution < 1.29 is 14.8 Å². The monoisotopic (exact) mass is 238 g/mol. The normalized spacial score (nSPS) is 11.9. The van der Waals surface area contributed by atoms with Crippen molar-refractivity contribution in [3.63, 3.8) is 0 Å². The number of benzene rings is 1. The topological polar surface area (TPSA) is 92.5 Å². The minimum atomic E-state index is -0.903. The number of hydrogen-bond acceptors (Lipinski definition) is 4. The third-order valence-corrected chi connectivity index (χ3v) is 2.31. The van der Waals surface area contributed by atoms with Gasteiger partial charge in [-0.1, -0.05) is 6.92 Å². The summed E-state index contributed by atoms with van der Waals surface area (Å²) >= 11 is 0. The molecule has 2 N–H and O–H groups in total. The maximum Gasteiger partial charge on any atom is 0.308 e. The van der Waals surface area contributed by atoms with Crippen LogP contribution in [0, 0.1) is 23.0 Å². The number of aliphatic carboxylic acids is 1. The molecule has 0 amide bonds. The van der Waals surface area contributed by atoms with Gasteiger partial charge in [0.2, 0.25) is 0 Å². The van der Waals surface area contributed by atoms with Crippen LogP contribution < -0.4 is 5.32 Å². The van der Waals surface area contributed by atoms with E-state index < -0.39 is 16.8 Å². The summed E-state index contributed by atoms with van der Waals surface area (Å²) in [5.74, 6) is -1.45. The molecule has 1 aromatic carbocycles. The number of carbonyl (C=O) groups is 1. The van der Waals surface area contributed by atoms with Crippen LogP contribution in [0.5, 0.6) is 0 Å². The zero-order valence-electron chi connectivity index (χ0n) is 9.64. The number of rotatable bonds is 5. The fourth-order valence-electron chi connectivity index (χ4n) is 1.33. The summed E-state index contributed by atoms with van der Waals surface area (Å²) < 4.78 is 0. The minimum Gasteiger partial charge on any atom is -0.481 e. The maximum atomic E-state index is 10.6. The lowest BCUT2D eigenvalue weighted by Crippen LogP contribution is -2.19. The number of anilines is 1. The van der Waals surface area contributed by atoms with E-state index in [2.05, 4.69) is 5.32 Å². The van der Waals surface area contributed by atoms with E-state index in [1.165, 1.54) is 12.1 Å². The predicted molar refractivity (Wildman–Crippen MR) is 63.1 cm³/mol. The van der Waals surface area contributed by atoms with Gasteiger partial charge in [0.15, 0.2) is 0 Å². The average Bonchev–Trinajstić information content (AvgIpc) is 2.24. The van der Waals surface area contributed by atoms with E-state index >= 15 is 0 Å². The Balaban J connectivity index is 2.78. The van der Waals surface area contributed by atoms with Crippen molar-refractivity contribution in [2.24, 2.45) is 5.92 Å². The molecule has 0 bridgehead atoms. The van der Waals surface area contributed by atoms with Gasteiger partial charge in [0.25, 0.3) is 5.69 Å². The van der Waals surface area contributed by atoms with E-state index in [0.29, 0.717) is 5.69 Å². The van der Waals surface area contributed by atoms with Gasteiger partial charge in [0.05, 0.1) is 10.8 Å². The van der Waals surface area contributed by atoms with E-state index in [4.69, 9.17) is 5.11 Å². The SMILES string of the molecule is Cc1cc(NCC(C)C(=O)O)cc([N+](=O)[O-])c1. The molecule has 1 unspecified atom stereocenters. The molecule has 0 saturated heterocycles. The van der Waals surface area contributed by atoms with Crippen LogP contribution in [-0.4, -0.2) is 22.5 Å². The Morgan fingerprint density at radius 3 is 2.71 bits per heavy atom. The molecule has 0 aliphatic carbocycles. The van der Waals surface area contributed by atoms with Gasteiger partial charge in [-0.3, -0.25) is 14.9 Å². The van der Waals surface area contributed by atoms with E-state index in [0.717, 1.165) is 5.56 Å². The van der Waals surface area contributed by atoms with Crippen LogP contribution in [0.4, 0.5) is 11.4 Å². The van der Waals surface area contributed by atoms with Gasteiger partial charge in [0.1, 0.15) is 0 Å². The lowest BCUT2D eigenvalue weighted by molar-refractivity contribution is -0.384. The molecule has 17 heavy (non-hydrogen) atoms. The van der Waals surface area contributed by atoms with Gasteiger partial charge in [-0.05, 0) is 18.6 Å². The van der Waals surface area contributed by atoms with Crippen LogP contribution >= 0.6 is 0 Å². The van der Waals surface area contributed by atoms with Crippen molar-refractivity contribution in [2.45, 2.75) is 13.8 Å². The van der Waals surface area contributed by atoms with Crippen molar-refractivity contribution in [3.8, 4) is 0 Å². The Morgan fingerprint density at radius 1 is 1.53 bits per heavy atom. The lowest BCUT2D eigenvalue weighted by Gasteiger charge is -2.10. The molecular weight excluding hydrogens is 224 g/mol. The molecule has 1 aromatic rings. The lowest BCUT2D eigenvalue weighted by atomic mass is 10.1. The number of aryl methyl sites for hydroxylation is 1. The summed E-state index contributed by atoms with van der Waals surface area (Å²) in [5.41, 5.74) is 1.31. The number of carboxylic acids is 1. The van der Waals surface area contributed by atoms with E-state index in [1.54, 1.807) is 19.9 Å². The first kappa shape index (κ1) is 13.0. The number of nitro groups is 1. The first-order valence-corrected chi connectivity index (χ1v) is 5.13. The maximum absolute atomic E-state index is 10.6. The van der Waals surface area contributed by atoms with Crippen LogP contribution in [0.3, 0.4) is 0 Å². The van der Waals surface area contributed by atoms with Crippen LogP contribution in [-0.2, 0) is 4.79 Å². The summed E-state index contributed by atoms with van der Waals surface area (Å²) in [6.45, 7) is 3.55. The van der Waals surface area contributed by atoms with E-state index in [-0.39, 0.29) is 12.2 Å². The molecule has 0 fully saturated rings. The fraction of sp³-hybridized carbons (Fsp3) is 0.364. The minimum absolute atomic E-state index is 0.00419. The molecule has 0 aromatic heterocycles. The first-order chi connectivity index (χ1) is 7.90. The molecule has 0 heterocycles. The molecule has 6 heteroatoms. The second-order valence-corrected chi connectivity index (χ2v) is 3.93. The van der Waals surface area contributed by atoms with Gasteiger partial charge in [-0.15, -0.1) is 0 Å². The summed E-state index contributed by atoms with van der Waals surface area (Å²) in [6.07, 6.45) is 0.